The first-order chi connectivity index (χ1) is 8.72. The molecule has 1 saturated heterocycles. The largest absolute Gasteiger partial charge is 0.356 e. The second kappa shape index (κ2) is 6.41. The van der Waals surface area contributed by atoms with Crippen LogP contribution in [-0.4, -0.2) is 50.1 Å². The van der Waals surface area contributed by atoms with Crippen molar-refractivity contribution in [3.63, 3.8) is 0 Å². The van der Waals surface area contributed by atoms with Gasteiger partial charge in [-0.15, -0.1) is 0 Å². The van der Waals surface area contributed by atoms with E-state index in [1.54, 1.807) is 0 Å². The van der Waals surface area contributed by atoms with Crippen LogP contribution in [0.5, 0.6) is 0 Å². The molecule has 0 aromatic rings. The summed E-state index contributed by atoms with van der Waals surface area (Å²) in [5.74, 6) is 2.57. The second-order valence-electron chi connectivity index (χ2n) is 5.82. The van der Waals surface area contributed by atoms with Gasteiger partial charge in [0.2, 0.25) is 0 Å². The number of hydrogen-bond acceptors (Lipinski definition) is 2. The Kier molecular flexibility index (Phi) is 4.87. The van der Waals surface area contributed by atoms with Gasteiger partial charge in [0.05, 0.1) is 0 Å². The van der Waals surface area contributed by atoms with Crippen molar-refractivity contribution >= 4 is 5.96 Å². The van der Waals surface area contributed by atoms with Crippen molar-refractivity contribution in [3.05, 3.63) is 0 Å². The summed E-state index contributed by atoms with van der Waals surface area (Å²) < 4.78 is 0. The molecule has 0 aromatic heterocycles. The molecular formula is C14H28N4. The molecule has 0 aromatic carbocycles. The van der Waals surface area contributed by atoms with E-state index in [-0.39, 0.29) is 0 Å². The lowest BCUT2D eigenvalue weighted by Gasteiger charge is -2.32. The van der Waals surface area contributed by atoms with Gasteiger partial charge in [-0.2, -0.15) is 0 Å². The van der Waals surface area contributed by atoms with E-state index in [2.05, 4.69) is 34.4 Å². The highest BCUT2D eigenvalue weighted by atomic mass is 15.2. The molecule has 3 unspecified atom stereocenters. The number of hydrogen-bond donors (Lipinski definition) is 2. The number of nitrogens with zero attached hydrogens (tertiary/aromatic N) is 2. The predicted molar refractivity (Wildman–Crippen MR) is 76.9 cm³/mol. The van der Waals surface area contributed by atoms with Gasteiger partial charge in [-0.25, -0.2) is 0 Å². The highest BCUT2D eigenvalue weighted by Crippen LogP contribution is 2.28. The van der Waals surface area contributed by atoms with Gasteiger partial charge in [0.1, 0.15) is 0 Å². The maximum atomic E-state index is 4.31. The van der Waals surface area contributed by atoms with E-state index in [1.807, 2.05) is 7.05 Å². The Hall–Kier alpha value is -0.770. The Balaban J connectivity index is 1.69. The molecule has 1 heterocycles. The smallest absolute Gasteiger partial charge is 0.191 e. The maximum absolute atomic E-state index is 4.31. The minimum Gasteiger partial charge on any atom is -0.356 e. The minimum absolute atomic E-state index is 0.648. The van der Waals surface area contributed by atoms with Crippen LogP contribution in [0.15, 0.2) is 4.99 Å². The molecule has 3 atom stereocenters. The first kappa shape index (κ1) is 13.7. The third kappa shape index (κ3) is 3.87. The Morgan fingerprint density at radius 2 is 2.22 bits per heavy atom. The molecule has 4 nitrogen and oxygen atoms in total. The van der Waals surface area contributed by atoms with Gasteiger partial charge in [-0.05, 0) is 44.2 Å². The number of guanidine groups is 1. The highest BCUT2D eigenvalue weighted by molar-refractivity contribution is 5.80. The van der Waals surface area contributed by atoms with Gasteiger partial charge in [0.15, 0.2) is 5.96 Å². The van der Waals surface area contributed by atoms with Crippen LogP contribution in [0, 0.1) is 11.8 Å². The quantitative estimate of drug-likeness (QED) is 0.585. The van der Waals surface area contributed by atoms with E-state index in [4.69, 9.17) is 0 Å². The van der Waals surface area contributed by atoms with Crippen molar-refractivity contribution in [3.8, 4) is 0 Å². The molecule has 4 heteroatoms. The van der Waals surface area contributed by atoms with Crippen molar-refractivity contribution in [2.24, 2.45) is 16.8 Å². The van der Waals surface area contributed by atoms with Crippen LogP contribution in [-0.2, 0) is 0 Å². The van der Waals surface area contributed by atoms with Gasteiger partial charge >= 0.3 is 0 Å². The average Bonchev–Trinajstić information content (AvgIpc) is 3.10. The zero-order valence-electron chi connectivity index (χ0n) is 12.1. The summed E-state index contributed by atoms with van der Waals surface area (Å²) in [6.45, 7) is 9.29. The number of piperidine rings is 1. The number of aliphatic imine (C=N–C) groups is 1. The summed E-state index contributed by atoms with van der Waals surface area (Å²) in [6, 6.07) is 0.648. The van der Waals surface area contributed by atoms with Crippen molar-refractivity contribution in [1.82, 2.24) is 15.5 Å². The molecule has 18 heavy (non-hydrogen) atoms. The van der Waals surface area contributed by atoms with Crippen molar-refractivity contribution in [2.75, 3.05) is 33.2 Å². The van der Waals surface area contributed by atoms with Crippen molar-refractivity contribution in [2.45, 2.75) is 39.2 Å². The molecule has 0 bridgehead atoms. The molecule has 1 aliphatic carbocycles. The first-order valence-corrected chi connectivity index (χ1v) is 7.42. The molecule has 0 radical (unpaired) electrons. The normalized spacial score (nSPS) is 33.3. The van der Waals surface area contributed by atoms with E-state index in [0.717, 1.165) is 24.3 Å². The van der Waals surface area contributed by atoms with E-state index >= 15 is 0 Å². The number of rotatable bonds is 4. The van der Waals surface area contributed by atoms with Crippen LogP contribution in [0.1, 0.15) is 33.1 Å². The summed E-state index contributed by atoms with van der Waals surface area (Å²) in [5, 5.41) is 6.97. The van der Waals surface area contributed by atoms with E-state index < -0.39 is 0 Å². The molecule has 1 aliphatic heterocycles. The van der Waals surface area contributed by atoms with Crippen LogP contribution < -0.4 is 10.6 Å². The number of likely N-dealkylation sites (tertiary alicyclic amines) is 1. The Bertz CT molecular complexity index is 290. The lowest BCUT2D eigenvalue weighted by Crippen LogP contribution is -2.45. The Morgan fingerprint density at radius 1 is 1.44 bits per heavy atom. The molecule has 0 spiro atoms. The maximum Gasteiger partial charge on any atom is 0.191 e. The zero-order chi connectivity index (χ0) is 13.0. The van der Waals surface area contributed by atoms with Gasteiger partial charge in [-0.1, -0.05) is 13.8 Å². The monoisotopic (exact) mass is 252 g/mol. The number of nitrogens with one attached hydrogen (secondary N) is 2. The van der Waals surface area contributed by atoms with Crippen LogP contribution in [0.3, 0.4) is 0 Å². The molecule has 2 rings (SSSR count). The second-order valence-corrected chi connectivity index (χ2v) is 5.82. The molecule has 2 N–H and O–H groups in total. The summed E-state index contributed by atoms with van der Waals surface area (Å²) in [4.78, 5) is 6.86. The van der Waals surface area contributed by atoms with Crippen LogP contribution in [0.2, 0.25) is 0 Å². The standard InChI is InChI=1S/C14H28N4/c1-4-18-7-5-6-12(10-18)9-16-14(15-3)17-13-8-11(13)2/h11-13H,4-10H2,1-3H3,(H2,15,16,17). The first-order valence-electron chi connectivity index (χ1n) is 7.42. The fraction of sp³-hybridized carbons (Fsp3) is 0.929. The zero-order valence-corrected chi connectivity index (χ0v) is 12.1. The fourth-order valence-corrected chi connectivity index (χ4v) is 2.74. The van der Waals surface area contributed by atoms with E-state index in [9.17, 15) is 0 Å². The van der Waals surface area contributed by atoms with Gasteiger partial charge in [0.25, 0.3) is 0 Å². The lowest BCUT2D eigenvalue weighted by atomic mass is 9.98. The van der Waals surface area contributed by atoms with Gasteiger partial charge in [-0.3, -0.25) is 4.99 Å². The van der Waals surface area contributed by atoms with Crippen LogP contribution in [0.25, 0.3) is 0 Å². The Morgan fingerprint density at radius 3 is 2.83 bits per heavy atom. The molecule has 0 amide bonds. The summed E-state index contributed by atoms with van der Waals surface area (Å²) in [7, 11) is 1.86. The van der Waals surface area contributed by atoms with E-state index in [1.165, 1.54) is 38.9 Å². The van der Waals surface area contributed by atoms with Crippen LogP contribution in [0.4, 0.5) is 0 Å². The summed E-state index contributed by atoms with van der Waals surface area (Å²) in [5.41, 5.74) is 0. The molecule has 2 aliphatic rings. The van der Waals surface area contributed by atoms with E-state index in [0.29, 0.717) is 6.04 Å². The van der Waals surface area contributed by atoms with Gasteiger partial charge < -0.3 is 15.5 Å². The molecule has 1 saturated carbocycles. The van der Waals surface area contributed by atoms with Crippen molar-refractivity contribution in [1.29, 1.82) is 0 Å². The average molecular weight is 252 g/mol. The fourth-order valence-electron chi connectivity index (χ4n) is 2.74. The van der Waals surface area contributed by atoms with Crippen molar-refractivity contribution < 1.29 is 0 Å². The third-order valence-corrected chi connectivity index (χ3v) is 4.26. The minimum atomic E-state index is 0.648. The topological polar surface area (TPSA) is 39.7 Å². The predicted octanol–water partition coefficient (Wildman–Crippen LogP) is 1.29. The van der Waals surface area contributed by atoms with Crippen LogP contribution >= 0.6 is 0 Å². The Labute approximate surface area is 111 Å². The van der Waals surface area contributed by atoms with Gasteiger partial charge in [0, 0.05) is 26.2 Å². The third-order valence-electron chi connectivity index (χ3n) is 4.26. The highest BCUT2D eigenvalue weighted by Gasteiger charge is 2.33. The molecular weight excluding hydrogens is 224 g/mol. The molecule has 104 valence electrons. The summed E-state index contributed by atoms with van der Waals surface area (Å²) >= 11 is 0. The SMILES string of the molecule is CCN1CCCC(CNC(=NC)NC2CC2C)C1. The molecule has 2 fully saturated rings. The lowest BCUT2D eigenvalue weighted by molar-refractivity contribution is 0.183. The summed E-state index contributed by atoms with van der Waals surface area (Å²) in [6.07, 6.45) is 3.97.